The highest BCUT2D eigenvalue weighted by Gasteiger charge is 2.38. The van der Waals surface area contributed by atoms with Crippen molar-refractivity contribution < 1.29 is 24.2 Å². The highest BCUT2D eigenvalue weighted by Crippen LogP contribution is 2.39. The Morgan fingerprint density at radius 1 is 1.11 bits per heavy atom. The number of carbonyl (C=O) groups excluding carboxylic acids is 2. The van der Waals surface area contributed by atoms with Crippen molar-refractivity contribution in [3.05, 3.63) is 15.8 Å². The van der Waals surface area contributed by atoms with Crippen LogP contribution in [-0.4, -0.2) is 41.1 Å². The van der Waals surface area contributed by atoms with E-state index in [1.54, 1.807) is 17.9 Å². The van der Waals surface area contributed by atoms with Crippen molar-refractivity contribution in [2.75, 3.05) is 4.90 Å². The molecule has 2 fully saturated rings. The second-order valence-corrected chi connectivity index (χ2v) is 12.5. The topological polar surface area (TPSA) is 110 Å². The lowest BCUT2D eigenvalue weighted by Gasteiger charge is -2.39. The predicted molar refractivity (Wildman–Crippen MR) is 142 cm³/mol. The van der Waals surface area contributed by atoms with Gasteiger partial charge in [0.25, 0.3) is 0 Å². The van der Waals surface area contributed by atoms with Gasteiger partial charge in [0, 0.05) is 17.4 Å². The van der Waals surface area contributed by atoms with E-state index in [2.05, 4.69) is 18.8 Å². The van der Waals surface area contributed by atoms with Crippen molar-refractivity contribution >= 4 is 34.9 Å². The standard InChI is InChI=1S/C28H40N2O5S/c1-17-6-8-19(9-7-17)25(31)30(20-10-12-21(13-11-20)35-27(34)18(2)29)23-16-22(14-15-28(3,4)5)36-24(23)26(32)33/h16-21H,6-13,29H2,1-5H3,(H,32,33)/t17-,18-,19-,20-,21-/m0/s1. The third kappa shape index (κ3) is 7.33. The number of carbonyl (C=O) groups is 3. The van der Waals surface area contributed by atoms with Crippen molar-refractivity contribution in [2.45, 2.75) is 104 Å². The summed E-state index contributed by atoms with van der Waals surface area (Å²) in [6.45, 7) is 9.82. The summed E-state index contributed by atoms with van der Waals surface area (Å²) in [5, 5.41) is 10.0. The smallest absolute Gasteiger partial charge is 0.348 e. The minimum atomic E-state index is -1.05. The molecule has 36 heavy (non-hydrogen) atoms. The maximum absolute atomic E-state index is 14.0. The van der Waals surface area contributed by atoms with Gasteiger partial charge in [0.1, 0.15) is 17.0 Å². The van der Waals surface area contributed by atoms with Gasteiger partial charge in [-0.1, -0.05) is 18.8 Å². The largest absolute Gasteiger partial charge is 0.477 e. The molecular formula is C28H40N2O5S. The molecule has 3 rings (SSSR count). The zero-order valence-corrected chi connectivity index (χ0v) is 23.0. The number of carboxylic acids is 1. The average Bonchev–Trinajstić information content (AvgIpc) is 3.23. The number of hydrogen-bond donors (Lipinski definition) is 2. The summed E-state index contributed by atoms with van der Waals surface area (Å²) in [6.07, 6.45) is 5.89. The Kier molecular flexibility index (Phi) is 9.23. The van der Waals surface area contributed by atoms with Gasteiger partial charge < -0.3 is 20.5 Å². The molecule has 0 unspecified atom stereocenters. The number of hydrogen-bond acceptors (Lipinski definition) is 6. The van der Waals surface area contributed by atoms with Gasteiger partial charge in [-0.05, 0) is 91.0 Å². The monoisotopic (exact) mass is 516 g/mol. The summed E-state index contributed by atoms with van der Waals surface area (Å²) in [5.41, 5.74) is 5.87. The fourth-order valence-electron chi connectivity index (χ4n) is 4.92. The zero-order chi connectivity index (χ0) is 26.6. The zero-order valence-electron chi connectivity index (χ0n) is 22.1. The summed E-state index contributed by atoms with van der Waals surface area (Å²) in [5.74, 6) is 5.32. The van der Waals surface area contributed by atoms with Crippen molar-refractivity contribution in [1.82, 2.24) is 0 Å². The van der Waals surface area contributed by atoms with E-state index in [0.717, 1.165) is 37.0 Å². The van der Waals surface area contributed by atoms with E-state index < -0.39 is 18.0 Å². The molecule has 0 spiro atoms. The number of amides is 1. The van der Waals surface area contributed by atoms with E-state index in [0.29, 0.717) is 42.2 Å². The Bertz CT molecular complexity index is 1010. The number of thiophene rings is 1. The van der Waals surface area contributed by atoms with Crippen LogP contribution >= 0.6 is 11.3 Å². The summed E-state index contributed by atoms with van der Waals surface area (Å²) in [7, 11) is 0. The van der Waals surface area contributed by atoms with Crippen LogP contribution < -0.4 is 10.6 Å². The average molecular weight is 517 g/mol. The van der Waals surface area contributed by atoms with Crippen LogP contribution in [0.4, 0.5) is 5.69 Å². The maximum Gasteiger partial charge on any atom is 0.348 e. The van der Waals surface area contributed by atoms with E-state index in [1.165, 1.54) is 0 Å². The number of aromatic carboxylic acids is 1. The molecule has 1 aromatic heterocycles. The third-order valence-electron chi connectivity index (χ3n) is 6.99. The van der Waals surface area contributed by atoms with Crippen LogP contribution in [0.3, 0.4) is 0 Å². The highest BCUT2D eigenvalue weighted by atomic mass is 32.1. The quantitative estimate of drug-likeness (QED) is 0.397. The fraction of sp³-hybridized carbons (Fsp3) is 0.679. The number of esters is 1. The molecule has 1 aromatic rings. The van der Waals surface area contributed by atoms with Crippen LogP contribution in [0.1, 0.15) is 101 Å². The Morgan fingerprint density at radius 3 is 2.25 bits per heavy atom. The molecule has 2 aliphatic rings. The van der Waals surface area contributed by atoms with E-state index in [4.69, 9.17) is 10.5 Å². The van der Waals surface area contributed by atoms with Crippen molar-refractivity contribution in [1.29, 1.82) is 0 Å². The summed E-state index contributed by atoms with van der Waals surface area (Å²) in [6, 6.07) is 0.947. The Balaban J connectivity index is 1.92. The van der Waals surface area contributed by atoms with Gasteiger partial charge in [-0.3, -0.25) is 9.59 Å². The lowest BCUT2D eigenvalue weighted by Crippen LogP contribution is -2.47. The van der Waals surface area contributed by atoms with E-state index in [-0.39, 0.29) is 34.3 Å². The molecule has 0 radical (unpaired) electrons. The molecule has 2 saturated carbocycles. The van der Waals surface area contributed by atoms with Gasteiger partial charge >= 0.3 is 11.9 Å². The minimum Gasteiger partial charge on any atom is -0.477 e. The Labute approximate surface area is 218 Å². The molecule has 1 atom stereocenters. The minimum absolute atomic E-state index is 0.00792. The van der Waals surface area contributed by atoms with Crippen molar-refractivity contribution in [3.63, 3.8) is 0 Å². The predicted octanol–water partition coefficient (Wildman–Crippen LogP) is 5.20. The van der Waals surface area contributed by atoms with Gasteiger partial charge in [-0.15, -0.1) is 11.3 Å². The van der Waals surface area contributed by atoms with Crippen LogP contribution in [0, 0.1) is 29.1 Å². The summed E-state index contributed by atoms with van der Waals surface area (Å²) in [4.78, 5) is 40.7. The first-order valence-corrected chi connectivity index (χ1v) is 13.9. The molecule has 1 heterocycles. The number of carboxylic acid groups (broad SMARTS) is 1. The molecule has 198 valence electrons. The SMILES string of the molecule is C[C@H](N)C(=O)O[C@H]1CC[C@H](N(c2cc(C#CC(C)(C)C)sc2C(=O)O)C(=O)[C@H]2CC[C@H](C)CC2)CC1. The highest BCUT2D eigenvalue weighted by molar-refractivity contribution is 7.15. The first-order chi connectivity index (χ1) is 16.9. The van der Waals surface area contributed by atoms with Gasteiger partial charge in [-0.25, -0.2) is 4.79 Å². The number of anilines is 1. The number of nitrogens with two attached hydrogens (primary N) is 1. The van der Waals surface area contributed by atoms with Crippen LogP contribution in [0.25, 0.3) is 0 Å². The first-order valence-electron chi connectivity index (χ1n) is 13.0. The van der Waals surface area contributed by atoms with Gasteiger partial charge in [-0.2, -0.15) is 0 Å². The van der Waals surface area contributed by atoms with E-state index in [1.807, 2.05) is 20.8 Å². The normalized spacial score (nSPS) is 25.3. The molecule has 1 amide bonds. The van der Waals surface area contributed by atoms with Crippen LogP contribution in [-0.2, 0) is 14.3 Å². The van der Waals surface area contributed by atoms with Gasteiger partial charge in [0.2, 0.25) is 5.91 Å². The van der Waals surface area contributed by atoms with Crippen LogP contribution in [0.5, 0.6) is 0 Å². The van der Waals surface area contributed by atoms with Gasteiger partial charge in [0.05, 0.1) is 10.6 Å². The number of rotatable bonds is 6. The first kappa shape index (κ1) is 28.2. The molecule has 8 heteroatoms. The molecule has 0 saturated heterocycles. The number of ether oxygens (including phenoxy) is 1. The second-order valence-electron chi connectivity index (χ2n) is 11.5. The maximum atomic E-state index is 14.0. The fourth-order valence-corrected chi connectivity index (χ4v) is 5.76. The van der Waals surface area contributed by atoms with Gasteiger partial charge in [0.15, 0.2) is 0 Å². The lowest BCUT2D eigenvalue weighted by atomic mass is 9.81. The lowest BCUT2D eigenvalue weighted by molar-refractivity contribution is -0.152. The van der Waals surface area contributed by atoms with E-state index >= 15 is 0 Å². The molecule has 2 aliphatic carbocycles. The van der Waals surface area contributed by atoms with E-state index in [9.17, 15) is 19.5 Å². The molecule has 0 aromatic carbocycles. The number of nitrogens with zero attached hydrogens (tertiary/aromatic N) is 1. The molecular weight excluding hydrogens is 476 g/mol. The molecule has 0 aliphatic heterocycles. The molecule has 0 bridgehead atoms. The van der Waals surface area contributed by atoms with Crippen LogP contribution in [0.2, 0.25) is 0 Å². The third-order valence-corrected chi connectivity index (χ3v) is 8.02. The Hall–Kier alpha value is -2.37. The molecule has 7 nitrogen and oxygen atoms in total. The van der Waals surface area contributed by atoms with Crippen molar-refractivity contribution in [3.8, 4) is 11.8 Å². The summed E-state index contributed by atoms with van der Waals surface area (Å²) >= 11 is 1.13. The second kappa shape index (κ2) is 11.8. The molecule has 3 N–H and O–H groups in total. The van der Waals surface area contributed by atoms with Crippen molar-refractivity contribution in [2.24, 2.45) is 23.0 Å². The van der Waals surface area contributed by atoms with Crippen LogP contribution in [0.15, 0.2) is 6.07 Å². The Morgan fingerprint density at radius 2 is 1.72 bits per heavy atom. The summed E-state index contributed by atoms with van der Waals surface area (Å²) < 4.78 is 5.53.